The zero-order valence-corrected chi connectivity index (χ0v) is 37.5. The summed E-state index contributed by atoms with van der Waals surface area (Å²) in [5.41, 5.74) is 0.679. The van der Waals surface area contributed by atoms with Gasteiger partial charge in [-0.05, 0) is 80.9 Å². The van der Waals surface area contributed by atoms with Gasteiger partial charge in [-0.25, -0.2) is 4.67 Å². The number of nitrogens with one attached hydrogen (secondary N) is 2. The number of benzene rings is 3. The molecule has 1 saturated heterocycles. The minimum atomic E-state index is -4.24. The van der Waals surface area contributed by atoms with Crippen LogP contribution in [0, 0.1) is 16.1 Å². The van der Waals surface area contributed by atoms with E-state index < -0.39 is 60.1 Å². The van der Waals surface area contributed by atoms with Crippen molar-refractivity contribution in [1.29, 1.82) is 5.26 Å². The van der Waals surface area contributed by atoms with Crippen LogP contribution in [-0.2, 0) is 40.8 Å². The van der Waals surface area contributed by atoms with Gasteiger partial charge < -0.3 is 38.4 Å². The Labute approximate surface area is 363 Å². The minimum absolute atomic E-state index is 0.0512. The summed E-state index contributed by atoms with van der Waals surface area (Å²) in [6.07, 6.45) is -3.18. The predicted octanol–water partition coefficient (Wildman–Crippen LogP) is 5.83. The number of hydrogen-bond donors (Lipinski definition) is 4. The molecule has 19 heteroatoms. The fourth-order valence-corrected chi connectivity index (χ4v) is 9.58. The van der Waals surface area contributed by atoms with Crippen LogP contribution in [0.5, 0.6) is 11.5 Å². The SMILES string of the molecule is COc1ccc(C(OC[C@H]2O[C@@H](n3cc(CNCCS(=O)(=O)O)c(=O)[nH]c3=S)[C@H](O)[C@@H]2OP(OCCC#N)N(C(C)C)C(C)C)(c2ccccc2)c2ccc(OC)cc2)cc1. The summed E-state index contributed by atoms with van der Waals surface area (Å²) in [5, 5.41) is 24.5. The highest BCUT2D eigenvalue weighted by Gasteiger charge is 2.50. The molecule has 61 heavy (non-hydrogen) atoms. The van der Waals surface area contributed by atoms with E-state index in [4.69, 9.17) is 44.8 Å². The molecule has 330 valence electrons. The van der Waals surface area contributed by atoms with E-state index in [1.165, 1.54) is 10.8 Å². The third-order valence-corrected chi connectivity index (χ3v) is 13.2. The summed E-state index contributed by atoms with van der Waals surface area (Å²) < 4.78 is 73.2. The van der Waals surface area contributed by atoms with E-state index in [1.54, 1.807) is 14.2 Å². The molecule has 0 aliphatic carbocycles. The lowest BCUT2D eigenvalue weighted by Crippen LogP contribution is -2.42. The van der Waals surface area contributed by atoms with Gasteiger partial charge >= 0.3 is 0 Å². The molecule has 4 aromatic rings. The van der Waals surface area contributed by atoms with Crippen LogP contribution in [0.2, 0.25) is 0 Å². The van der Waals surface area contributed by atoms with Crippen molar-refractivity contribution in [2.45, 2.75) is 82.9 Å². The Morgan fingerprint density at radius 2 is 1.56 bits per heavy atom. The Morgan fingerprint density at radius 3 is 2.08 bits per heavy atom. The van der Waals surface area contributed by atoms with Gasteiger partial charge in [-0.2, -0.15) is 13.7 Å². The van der Waals surface area contributed by atoms with Crippen LogP contribution in [0.4, 0.5) is 0 Å². The first kappa shape index (κ1) is 48.0. The van der Waals surface area contributed by atoms with E-state index in [2.05, 4.69) is 16.4 Å². The molecule has 1 aliphatic rings. The normalized spacial score (nSPS) is 18.7. The first-order valence-electron chi connectivity index (χ1n) is 19.7. The van der Waals surface area contributed by atoms with Gasteiger partial charge in [0, 0.05) is 36.9 Å². The van der Waals surface area contributed by atoms with E-state index >= 15 is 0 Å². The molecule has 0 bridgehead atoms. The maximum Gasteiger partial charge on any atom is 0.266 e. The Hall–Kier alpha value is -4.09. The highest BCUT2D eigenvalue weighted by atomic mass is 32.2. The van der Waals surface area contributed by atoms with Gasteiger partial charge in [-0.1, -0.05) is 54.6 Å². The second-order valence-corrected chi connectivity index (χ2v) is 18.1. The molecule has 0 amide bonds. The third-order valence-electron chi connectivity index (χ3n) is 9.99. The molecule has 5 atom stereocenters. The van der Waals surface area contributed by atoms with Crippen LogP contribution in [-0.4, -0.2) is 102 Å². The molecule has 1 unspecified atom stereocenters. The number of nitrogens with zero attached hydrogens (tertiary/aromatic N) is 3. The quantitative estimate of drug-likeness (QED) is 0.0241. The van der Waals surface area contributed by atoms with Crippen molar-refractivity contribution in [2.24, 2.45) is 0 Å². The second kappa shape index (κ2) is 21.8. The van der Waals surface area contributed by atoms with Crippen molar-refractivity contribution < 1.29 is 46.1 Å². The Kier molecular flexibility index (Phi) is 17.1. The van der Waals surface area contributed by atoms with Crippen molar-refractivity contribution in [1.82, 2.24) is 19.5 Å². The van der Waals surface area contributed by atoms with E-state index in [1.807, 2.05) is 111 Å². The summed E-state index contributed by atoms with van der Waals surface area (Å²) in [5.74, 6) is 0.735. The van der Waals surface area contributed by atoms with Crippen LogP contribution in [0.3, 0.4) is 0 Å². The molecule has 3 aromatic carbocycles. The maximum absolute atomic E-state index is 13.0. The largest absolute Gasteiger partial charge is 0.497 e. The molecule has 4 N–H and O–H groups in total. The van der Waals surface area contributed by atoms with Crippen LogP contribution in [0.15, 0.2) is 89.9 Å². The summed E-state index contributed by atoms with van der Waals surface area (Å²) in [7, 11) is -2.95. The second-order valence-electron chi connectivity index (χ2n) is 14.8. The molecular formula is C42H54N5O11PS2. The number of aliphatic hydroxyl groups is 1. The van der Waals surface area contributed by atoms with Gasteiger partial charge in [-0.3, -0.25) is 18.9 Å². The number of hydrogen-bond acceptors (Lipinski definition) is 14. The smallest absolute Gasteiger partial charge is 0.266 e. The van der Waals surface area contributed by atoms with Crippen LogP contribution < -0.4 is 20.3 Å². The molecule has 5 rings (SSSR count). The Bertz CT molecular complexity index is 2230. The molecule has 2 heterocycles. The van der Waals surface area contributed by atoms with Crippen molar-refractivity contribution in [2.75, 3.05) is 39.7 Å². The molecule has 1 aromatic heterocycles. The monoisotopic (exact) mass is 899 g/mol. The lowest BCUT2D eigenvalue weighted by molar-refractivity contribution is -0.0942. The Balaban J connectivity index is 1.62. The van der Waals surface area contributed by atoms with Gasteiger partial charge in [0.25, 0.3) is 24.2 Å². The number of H-pyrrole nitrogens is 1. The van der Waals surface area contributed by atoms with E-state index in [-0.39, 0.29) is 55.1 Å². The van der Waals surface area contributed by atoms with Crippen molar-refractivity contribution in [3.63, 3.8) is 0 Å². The molecule has 16 nitrogen and oxygen atoms in total. The standard InChI is InChI=1S/C42H54N5O11PS2/c1-28(2)47(29(3)4)59(56-23-10-21-43)58-38-36(57-40(37(38)48)46-26-30(39(49)45-41(46)60)25-44-22-24-61(50,51)52)27-55-42(31-11-8-7-9-12-31,32-13-17-34(53-5)18-14-32)33-15-19-35(54-6)20-16-33/h7-9,11-20,26,28-29,36-38,40,44,48H,10,22-25,27H2,1-6H3,(H,45,49,60)(H,50,51,52)/t36-,37-,38-,40-,59?/m1/s1. The number of methoxy groups -OCH3 is 2. The number of nitriles is 1. The predicted molar refractivity (Wildman–Crippen MR) is 232 cm³/mol. The van der Waals surface area contributed by atoms with Crippen molar-refractivity contribution in [3.05, 3.63) is 122 Å². The van der Waals surface area contributed by atoms with Crippen LogP contribution in [0.1, 0.15) is 62.6 Å². The summed E-state index contributed by atoms with van der Waals surface area (Å²) in [6.45, 7) is 7.71. The lowest BCUT2D eigenvalue weighted by atomic mass is 9.80. The molecule has 1 fully saturated rings. The van der Waals surface area contributed by atoms with Gasteiger partial charge in [0.1, 0.15) is 35.4 Å². The number of aromatic amines is 1. The molecule has 1 aliphatic heterocycles. The van der Waals surface area contributed by atoms with E-state index in [9.17, 15) is 23.6 Å². The van der Waals surface area contributed by atoms with E-state index in [0.717, 1.165) is 16.7 Å². The summed E-state index contributed by atoms with van der Waals surface area (Å²) >= 11 is 5.61. The van der Waals surface area contributed by atoms with Gasteiger partial charge in [0.15, 0.2) is 11.0 Å². The Morgan fingerprint density at radius 1 is 0.984 bits per heavy atom. The van der Waals surface area contributed by atoms with Gasteiger partial charge in [-0.15, -0.1) is 0 Å². The highest BCUT2D eigenvalue weighted by Crippen LogP contribution is 2.51. The third kappa shape index (κ3) is 11.9. The summed E-state index contributed by atoms with van der Waals surface area (Å²) in [6, 6.07) is 26.8. The first-order valence-corrected chi connectivity index (χ1v) is 22.9. The average molecular weight is 900 g/mol. The van der Waals surface area contributed by atoms with Gasteiger partial charge in [0.05, 0.1) is 45.7 Å². The minimum Gasteiger partial charge on any atom is -0.497 e. The maximum atomic E-state index is 13.0. The highest BCUT2D eigenvalue weighted by molar-refractivity contribution is 7.85. The van der Waals surface area contributed by atoms with Crippen molar-refractivity contribution in [3.8, 4) is 17.6 Å². The molecule has 0 radical (unpaired) electrons. The van der Waals surface area contributed by atoms with Crippen LogP contribution in [0.25, 0.3) is 0 Å². The number of aliphatic hydroxyl groups excluding tert-OH is 1. The molecule has 0 saturated carbocycles. The number of aromatic nitrogens is 2. The zero-order chi connectivity index (χ0) is 44.3. The topological polar surface area (TPSA) is 207 Å². The van der Waals surface area contributed by atoms with Crippen LogP contribution >= 0.6 is 20.7 Å². The zero-order valence-electron chi connectivity index (χ0n) is 35.0. The molecule has 0 spiro atoms. The van der Waals surface area contributed by atoms with E-state index in [0.29, 0.717) is 11.5 Å². The number of ether oxygens (including phenoxy) is 4. The fraction of sp³-hybridized carbons (Fsp3) is 0.452. The lowest BCUT2D eigenvalue weighted by Gasteiger charge is -2.39. The summed E-state index contributed by atoms with van der Waals surface area (Å²) in [4.78, 5) is 15.7. The molecular weight excluding hydrogens is 846 g/mol. The first-order chi connectivity index (χ1) is 29.1. The van der Waals surface area contributed by atoms with Gasteiger partial charge in [0.2, 0.25) is 0 Å². The average Bonchev–Trinajstić information content (AvgIpc) is 3.54. The van der Waals surface area contributed by atoms with Crippen molar-refractivity contribution >= 4 is 30.9 Å². The fourth-order valence-electron chi connectivity index (χ4n) is 7.16. The number of rotatable bonds is 22.